The van der Waals surface area contributed by atoms with Crippen molar-refractivity contribution in [3.63, 3.8) is 0 Å². The average Bonchev–Trinajstić information content (AvgIpc) is 2.68. The summed E-state index contributed by atoms with van der Waals surface area (Å²) >= 11 is 3.35. The second-order valence-electron chi connectivity index (χ2n) is 4.13. The predicted octanol–water partition coefficient (Wildman–Crippen LogP) is 3.07. The molecule has 5 heteroatoms. The lowest BCUT2D eigenvalue weighted by Crippen LogP contribution is -2.02. The molecule has 0 radical (unpaired) electrons. The Morgan fingerprint density at radius 2 is 2.06 bits per heavy atom. The number of para-hydroxylation sites is 1. The van der Waals surface area contributed by atoms with Gasteiger partial charge in [-0.15, -0.1) is 5.10 Å². The Bertz CT molecular complexity index is 713. The Morgan fingerprint density at radius 3 is 2.78 bits per heavy atom. The maximum Gasteiger partial charge on any atom is 0.160 e. The molecular weight excluding hydrogens is 292 g/mol. The van der Waals surface area contributed by atoms with Crippen molar-refractivity contribution in [2.45, 2.75) is 6.92 Å². The van der Waals surface area contributed by atoms with Crippen molar-refractivity contribution in [2.24, 2.45) is 0 Å². The number of benzene rings is 1. The molecule has 18 heavy (non-hydrogen) atoms. The predicted molar refractivity (Wildman–Crippen MR) is 75.7 cm³/mol. The molecule has 2 aromatic heterocycles. The second kappa shape index (κ2) is 4.10. The minimum Gasteiger partial charge on any atom is -0.381 e. The smallest absolute Gasteiger partial charge is 0.160 e. The van der Waals surface area contributed by atoms with E-state index in [4.69, 9.17) is 5.73 Å². The van der Waals surface area contributed by atoms with Gasteiger partial charge in [0.1, 0.15) is 0 Å². The van der Waals surface area contributed by atoms with Crippen LogP contribution in [0.5, 0.6) is 0 Å². The fraction of sp³-hybridized carbons (Fsp3) is 0.0769. The van der Waals surface area contributed by atoms with E-state index in [-0.39, 0.29) is 0 Å². The molecule has 0 amide bonds. The largest absolute Gasteiger partial charge is 0.381 e. The van der Waals surface area contributed by atoms with Gasteiger partial charge >= 0.3 is 0 Å². The summed E-state index contributed by atoms with van der Waals surface area (Å²) < 4.78 is 2.47. The standard InChI is InChI=1S/C13H11BrN4/c1-8-6-9-4-2-3-5-11(9)16-13(8)18-7-10(14)12(15)17-18/h2-7H,1H3,(H2,15,17). The van der Waals surface area contributed by atoms with Crippen molar-refractivity contribution in [1.82, 2.24) is 14.8 Å². The first-order chi connectivity index (χ1) is 8.65. The Kier molecular flexibility index (Phi) is 2.56. The van der Waals surface area contributed by atoms with Gasteiger partial charge in [-0.3, -0.25) is 0 Å². The summed E-state index contributed by atoms with van der Waals surface area (Å²) in [5.74, 6) is 1.26. The highest BCUT2D eigenvalue weighted by Gasteiger charge is 2.09. The molecule has 0 atom stereocenters. The zero-order chi connectivity index (χ0) is 12.7. The third kappa shape index (κ3) is 1.76. The summed E-state index contributed by atoms with van der Waals surface area (Å²) in [4.78, 5) is 4.62. The summed E-state index contributed by atoms with van der Waals surface area (Å²) in [5.41, 5.74) is 7.74. The number of hydrogen-bond donors (Lipinski definition) is 1. The van der Waals surface area contributed by atoms with Crippen molar-refractivity contribution >= 4 is 32.7 Å². The first-order valence-electron chi connectivity index (χ1n) is 5.52. The third-order valence-electron chi connectivity index (χ3n) is 2.80. The number of aryl methyl sites for hydroxylation is 1. The van der Waals surface area contributed by atoms with Crippen molar-refractivity contribution < 1.29 is 0 Å². The molecule has 0 saturated carbocycles. The molecule has 4 nitrogen and oxygen atoms in total. The Labute approximate surface area is 113 Å². The lowest BCUT2D eigenvalue weighted by Gasteiger charge is -2.06. The topological polar surface area (TPSA) is 56.7 Å². The molecule has 3 rings (SSSR count). The third-order valence-corrected chi connectivity index (χ3v) is 3.41. The fourth-order valence-corrected chi connectivity index (χ4v) is 2.19. The summed E-state index contributed by atoms with van der Waals surface area (Å²) in [6, 6.07) is 10.1. The first-order valence-corrected chi connectivity index (χ1v) is 6.32. The van der Waals surface area contributed by atoms with Gasteiger partial charge in [0, 0.05) is 11.6 Å². The second-order valence-corrected chi connectivity index (χ2v) is 4.98. The molecule has 0 saturated heterocycles. The monoisotopic (exact) mass is 302 g/mol. The van der Waals surface area contributed by atoms with Crippen LogP contribution in [-0.2, 0) is 0 Å². The lowest BCUT2D eigenvalue weighted by molar-refractivity contribution is 0.848. The van der Waals surface area contributed by atoms with Crippen LogP contribution in [0, 0.1) is 6.92 Å². The zero-order valence-corrected chi connectivity index (χ0v) is 11.3. The van der Waals surface area contributed by atoms with Gasteiger partial charge in [0.2, 0.25) is 0 Å². The zero-order valence-electron chi connectivity index (χ0n) is 9.76. The Hall–Kier alpha value is -1.88. The van der Waals surface area contributed by atoms with Crippen molar-refractivity contribution in [3.05, 3.63) is 46.6 Å². The van der Waals surface area contributed by atoms with E-state index in [0.717, 1.165) is 26.8 Å². The molecule has 90 valence electrons. The number of anilines is 1. The van der Waals surface area contributed by atoms with Crippen molar-refractivity contribution in [2.75, 3.05) is 5.73 Å². The quantitative estimate of drug-likeness (QED) is 0.751. The van der Waals surface area contributed by atoms with E-state index in [1.807, 2.05) is 37.4 Å². The van der Waals surface area contributed by atoms with Crippen molar-refractivity contribution in [1.29, 1.82) is 0 Å². The molecule has 2 heterocycles. The van der Waals surface area contributed by atoms with E-state index in [0.29, 0.717) is 5.82 Å². The van der Waals surface area contributed by atoms with E-state index in [9.17, 15) is 0 Å². The molecule has 0 aliphatic rings. The molecule has 0 aliphatic carbocycles. The Morgan fingerprint density at radius 1 is 1.28 bits per heavy atom. The van der Waals surface area contributed by atoms with E-state index in [1.54, 1.807) is 4.68 Å². The highest BCUT2D eigenvalue weighted by Crippen LogP contribution is 2.22. The van der Waals surface area contributed by atoms with Crippen LogP contribution in [0.4, 0.5) is 5.82 Å². The highest BCUT2D eigenvalue weighted by atomic mass is 79.9. The SMILES string of the molecule is Cc1cc2ccccc2nc1-n1cc(Br)c(N)n1. The van der Waals surface area contributed by atoms with Crippen LogP contribution >= 0.6 is 15.9 Å². The minimum absolute atomic E-state index is 0.462. The van der Waals surface area contributed by atoms with Crippen LogP contribution in [-0.4, -0.2) is 14.8 Å². The normalized spacial score (nSPS) is 11.0. The number of halogens is 1. The van der Waals surface area contributed by atoms with Crippen LogP contribution in [0.25, 0.3) is 16.7 Å². The number of nitrogens with two attached hydrogens (primary N) is 1. The first kappa shape index (κ1) is 11.2. The van der Waals surface area contributed by atoms with Crippen LogP contribution in [0.3, 0.4) is 0 Å². The molecular formula is C13H11BrN4. The lowest BCUT2D eigenvalue weighted by atomic mass is 10.1. The molecule has 1 aromatic carbocycles. The van der Waals surface area contributed by atoms with Crippen LogP contribution in [0.2, 0.25) is 0 Å². The average molecular weight is 303 g/mol. The number of fused-ring (bicyclic) bond motifs is 1. The van der Waals surface area contributed by atoms with Crippen molar-refractivity contribution in [3.8, 4) is 5.82 Å². The van der Waals surface area contributed by atoms with Gasteiger partial charge in [0.25, 0.3) is 0 Å². The molecule has 0 fully saturated rings. The van der Waals surface area contributed by atoms with Gasteiger partial charge in [0.05, 0.1) is 9.99 Å². The van der Waals surface area contributed by atoms with Gasteiger partial charge in [-0.2, -0.15) is 0 Å². The summed E-state index contributed by atoms with van der Waals surface area (Å²) in [6.07, 6.45) is 1.82. The van der Waals surface area contributed by atoms with Gasteiger partial charge in [-0.25, -0.2) is 9.67 Å². The Balaban J connectivity index is 2.25. The maximum atomic E-state index is 5.73. The fourth-order valence-electron chi connectivity index (χ4n) is 1.92. The van der Waals surface area contributed by atoms with Crippen LogP contribution in [0.1, 0.15) is 5.56 Å². The molecule has 0 spiro atoms. The molecule has 0 aliphatic heterocycles. The van der Waals surface area contributed by atoms with E-state index < -0.39 is 0 Å². The summed E-state index contributed by atoms with van der Waals surface area (Å²) in [7, 11) is 0. The van der Waals surface area contributed by atoms with Gasteiger partial charge in [0.15, 0.2) is 11.6 Å². The molecule has 0 bridgehead atoms. The minimum atomic E-state index is 0.462. The van der Waals surface area contributed by atoms with Gasteiger partial charge in [-0.05, 0) is 40.5 Å². The number of hydrogen-bond acceptors (Lipinski definition) is 3. The molecule has 0 unspecified atom stereocenters. The van der Waals surface area contributed by atoms with E-state index >= 15 is 0 Å². The summed E-state index contributed by atoms with van der Waals surface area (Å²) in [6.45, 7) is 2.01. The van der Waals surface area contributed by atoms with Gasteiger partial charge < -0.3 is 5.73 Å². The number of rotatable bonds is 1. The van der Waals surface area contributed by atoms with Crippen LogP contribution < -0.4 is 5.73 Å². The molecule has 3 aromatic rings. The number of nitrogens with zero attached hydrogens (tertiary/aromatic N) is 3. The van der Waals surface area contributed by atoms with E-state index in [2.05, 4.69) is 32.1 Å². The maximum absolute atomic E-state index is 5.73. The van der Waals surface area contributed by atoms with Gasteiger partial charge in [-0.1, -0.05) is 18.2 Å². The summed E-state index contributed by atoms with van der Waals surface area (Å²) in [5, 5.41) is 5.36. The number of nitrogen functional groups attached to an aromatic ring is 1. The van der Waals surface area contributed by atoms with Crippen LogP contribution in [0.15, 0.2) is 41.0 Å². The molecule has 2 N–H and O–H groups in total. The van der Waals surface area contributed by atoms with E-state index in [1.165, 1.54) is 0 Å². The number of aromatic nitrogens is 3. The highest BCUT2D eigenvalue weighted by molar-refractivity contribution is 9.10. The number of pyridine rings is 1.